The Morgan fingerprint density at radius 1 is 1.09 bits per heavy atom. The lowest BCUT2D eigenvalue weighted by Crippen LogP contribution is -2.39. The van der Waals surface area contributed by atoms with Gasteiger partial charge in [0.1, 0.15) is 0 Å². The minimum absolute atomic E-state index is 0.0237. The summed E-state index contributed by atoms with van der Waals surface area (Å²) in [6, 6.07) is 13.5. The Bertz CT molecular complexity index is 1110. The largest absolute Gasteiger partial charge is 0.372 e. The smallest absolute Gasteiger partial charge is 0.269 e. The number of nitro benzene ring substituents is 1. The third kappa shape index (κ3) is 6.41. The second-order valence-corrected chi connectivity index (χ2v) is 10.3. The molecule has 9 heteroatoms. The fourth-order valence-corrected chi connectivity index (χ4v) is 5.71. The number of non-ortho nitro benzene ring substituents is 1. The SMILES string of the molecule is CCN(CC)c1ccc(CN(C(=O)/C=C/c2ccc([N+](=O)[O-])cc2)C2CCS(=O)(=O)C2)cc1. The highest BCUT2D eigenvalue weighted by atomic mass is 32.2. The highest BCUT2D eigenvalue weighted by molar-refractivity contribution is 7.91. The Kier molecular flexibility index (Phi) is 7.86. The van der Waals surface area contributed by atoms with E-state index in [1.165, 1.54) is 18.2 Å². The summed E-state index contributed by atoms with van der Waals surface area (Å²) in [5.41, 5.74) is 2.65. The van der Waals surface area contributed by atoms with Crippen LogP contribution in [0, 0.1) is 10.1 Å². The number of rotatable bonds is 9. The Labute approximate surface area is 194 Å². The fraction of sp³-hybridized carbons (Fsp3) is 0.375. The molecule has 176 valence electrons. The average molecular weight is 472 g/mol. The number of sulfone groups is 1. The van der Waals surface area contributed by atoms with Crippen LogP contribution >= 0.6 is 0 Å². The highest BCUT2D eigenvalue weighted by Crippen LogP contribution is 2.23. The number of benzene rings is 2. The molecule has 2 aromatic rings. The van der Waals surface area contributed by atoms with Crippen molar-refractivity contribution in [2.75, 3.05) is 29.5 Å². The second-order valence-electron chi connectivity index (χ2n) is 8.04. The van der Waals surface area contributed by atoms with Crippen LogP contribution in [0.3, 0.4) is 0 Å². The molecule has 2 aromatic carbocycles. The summed E-state index contributed by atoms with van der Waals surface area (Å²) in [5.74, 6) is -0.251. The van der Waals surface area contributed by atoms with Crippen LogP contribution in [-0.2, 0) is 21.2 Å². The third-order valence-corrected chi connectivity index (χ3v) is 7.62. The Morgan fingerprint density at radius 3 is 2.24 bits per heavy atom. The minimum atomic E-state index is -3.16. The van der Waals surface area contributed by atoms with Gasteiger partial charge >= 0.3 is 0 Å². The fourth-order valence-electron chi connectivity index (χ4n) is 3.98. The predicted octanol–water partition coefficient (Wildman–Crippen LogP) is 3.67. The number of carbonyl (C=O) groups is 1. The topological polar surface area (TPSA) is 101 Å². The molecule has 0 radical (unpaired) electrons. The van der Waals surface area contributed by atoms with Crippen LogP contribution < -0.4 is 4.90 Å². The molecule has 1 unspecified atom stereocenters. The van der Waals surface area contributed by atoms with Crippen molar-refractivity contribution in [2.45, 2.75) is 32.9 Å². The molecule has 1 saturated heterocycles. The number of carbonyl (C=O) groups excluding carboxylic acids is 1. The average Bonchev–Trinajstić information content (AvgIpc) is 3.17. The lowest BCUT2D eigenvalue weighted by Gasteiger charge is -2.28. The Hall–Kier alpha value is -3.20. The number of amides is 1. The van der Waals surface area contributed by atoms with Crippen LogP contribution in [0.1, 0.15) is 31.4 Å². The number of hydrogen-bond donors (Lipinski definition) is 0. The van der Waals surface area contributed by atoms with E-state index in [0.717, 1.165) is 24.3 Å². The van der Waals surface area contributed by atoms with Crippen molar-refractivity contribution in [3.63, 3.8) is 0 Å². The first-order chi connectivity index (χ1) is 15.7. The number of anilines is 1. The van der Waals surface area contributed by atoms with Crippen molar-refractivity contribution in [1.82, 2.24) is 4.90 Å². The molecule has 0 N–H and O–H groups in total. The minimum Gasteiger partial charge on any atom is -0.372 e. The van der Waals surface area contributed by atoms with Gasteiger partial charge in [0.05, 0.1) is 16.4 Å². The molecule has 1 amide bonds. The van der Waals surface area contributed by atoms with Crippen molar-refractivity contribution in [3.8, 4) is 0 Å². The number of nitrogens with zero attached hydrogens (tertiary/aromatic N) is 3. The second kappa shape index (κ2) is 10.6. The maximum atomic E-state index is 13.1. The Balaban J connectivity index is 1.79. The van der Waals surface area contributed by atoms with Gasteiger partial charge in [-0.3, -0.25) is 14.9 Å². The van der Waals surface area contributed by atoms with Gasteiger partial charge in [-0.1, -0.05) is 12.1 Å². The molecule has 3 rings (SSSR count). The molecule has 8 nitrogen and oxygen atoms in total. The van der Waals surface area contributed by atoms with E-state index in [4.69, 9.17) is 0 Å². The quantitative estimate of drug-likeness (QED) is 0.314. The summed E-state index contributed by atoms with van der Waals surface area (Å²) in [4.78, 5) is 27.3. The first-order valence-corrected chi connectivity index (χ1v) is 12.8. The summed E-state index contributed by atoms with van der Waals surface area (Å²) < 4.78 is 24.1. The molecule has 1 aliphatic rings. The Morgan fingerprint density at radius 2 is 1.73 bits per heavy atom. The van der Waals surface area contributed by atoms with Crippen molar-refractivity contribution in [2.24, 2.45) is 0 Å². The summed E-state index contributed by atoms with van der Waals surface area (Å²) in [6.07, 6.45) is 3.40. The van der Waals surface area contributed by atoms with Gasteiger partial charge in [-0.25, -0.2) is 8.42 Å². The third-order valence-electron chi connectivity index (χ3n) is 5.87. The molecule has 33 heavy (non-hydrogen) atoms. The molecule has 0 spiro atoms. The first kappa shape index (κ1) is 24.4. The van der Waals surface area contributed by atoms with E-state index >= 15 is 0 Å². The van der Waals surface area contributed by atoms with Gasteiger partial charge in [-0.05, 0) is 61.7 Å². The molecule has 0 aromatic heterocycles. The monoisotopic (exact) mass is 471 g/mol. The van der Waals surface area contributed by atoms with Gasteiger partial charge in [0.25, 0.3) is 5.69 Å². The molecule has 1 heterocycles. The van der Waals surface area contributed by atoms with Gasteiger partial charge in [0, 0.05) is 49.6 Å². The normalized spacial score (nSPS) is 17.2. The highest BCUT2D eigenvalue weighted by Gasteiger charge is 2.34. The van der Waals surface area contributed by atoms with Crippen LogP contribution in [0.5, 0.6) is 0 Å². The molecule has 0 bridgehead atoms. The molecular weight excluding hydrogens is 442 g/mol. The van der Waals surface area contributed by atoms with Gasteiger partial charge in [-0.2, -0.15) is 0 Å². The zero-order valence-electron chi connectivity index (χ0n) is 18.9. The van der Waals surface area contributed by atoms with E-state index in [2.05, 4.69) is 18.7 Å². The maximum absolute atomic E-state index is 13.1. The first-order valence-electron chi connectivity index (χ1n) is 11.0. The van der Waals surface area contributed by atoms with E-state index in [1.807, 2.05) is 24.3 Å². The van der Waals surface area contributed by atoms with E-state index in [9.17, 15) is 23.3 Å². The van der Waals surface area contributed by atoms with Crippen LogP contribution in [0.15, 0.2) is 54.6 Å². The number of nitro groups is 1. The molecular formula is C24H29N3O5S. The van der Waals surface area contributed by atoms with Gasteiger partial charge < -0.3 is 9.80 Å². The summed E-state index contributed by atoms with van der Waals surface area (Å²) in [6.45, 7) is 6.29. The molecule has 1 atom stereocenters. The van der Waals surface area contributed by atoms with Crippen LogP contribution in [-0.4, -0.2) is 54.8 Å². The van der Waals surface area contributed by atoms with E-state index in [1.54, 1.807) is 23.1 Å². The lowest BCUT2D eigenvalue weighted by atomic mass is 10.1. The summed E-state index contributed by atoms with van der Waals surface area (Å²) in [7, 11) is -3.16. The zero-order valence-corrected chi connectivity index (χ0v) is 19.7. The summed E-state index contributed by atoms with van der Waals surface area (Å²) in [5, 5.41) is 10.8. The molecule has 0 saturated carbocycles. The molecule has 0 aliphatic carbocycles. The van der Waals surface area contributed by atoms with Crippen molar-refractivity contribution in [3.05, 3.63) is 75.8 Å². The van der Waals surface area contributed by atoms with Gasteiger partial charge in [0.2, 0.25) is 5.91 Å². The zero-order chi connectivity index (χ0) is 24.0. The van der Waals surface area contributed by atoms with Gasteiger partial charge in [0.15, 0.2) is 9.84 Å². The van der Waals surface area contributed by atoms with Crippen molar-refractivity contribution < 1.29 is 18.1 Å². The van der Waals surface area contributed by atoms with Crippen LogP contribution in [0.25, 0.3) is 6.08 Å². The van der Waals surface area contributed by atoms with Crippen LogP contribution in [0.4, 0.5) is 11.4 Å². The summed E-state index contributed by atoms with van der Waals surface area (Å²) >= 11 is 0. The van der Waals surface area contributed by atoms with Gasteiger partial charge in [-0.15, -0.1) is 0 Å². The molecule has 1 fully saturated rings. The predicted molar refractivity (Wildman–Crippen MR) is 130 cm³/mol. The maximum Gasteiger partial charge on any atom is 0.269 e. The standard InChI is InChI=1S/C24H29N3O5S/c1-3-25(4-2)21-10-7-20(8-11-21)17-26(23-15-16-33(31,32)18-23)24(28)14-9-19-5-12-22(13-6-19)27(29)30/h5-14,23H,3-4,15-18H2,1-2H3/b14-9+. The van der Waals surface area contributed by atoms with E-state index in [-0.39, 0.29) is 29.1 Å². The van der Waals surface area contributed by atoms with Crippen LogP contribution in [0.2, 0.25) is 0 Å². The van der Waals surface area contributed by atoms with E-state index in [0.29, 0.717) is 18.5 Å². The van der Waals surface area contributed by atoms with Crippen molar-refractivity contribution >= 4 is 33.2 Å². The lowest BCUT2D eigenvalue weighted by molar-refractivity contribution is -0.384. The van der Waals surface area contributed by atoms with Crippen molar-refractivity contribution in [1.29, 1.82) is 0 Å². The van der Waals surface area contributed by atoms with E-state index < -0.39 is 14.8 Å². The number of hydrogen-bond acceptors (Lipinski definition) is 6. The molecule has 1 aliphatic heterocycles.